The quantitative estimate of drug-likeness (QED) is 0.640. The van der Waals surface area contributed by atoms with E-state index in [0.717, 1.165) is 12.1 Å². The number of rotatable bonds is 4. The monoisotopic (exact) mass is 286 g/mol. The van der Waals surface area contributed by atoms with E-state index in [9.17, 15) is 10.1 Å². The van der Waals surface area contributed by atoms with Crippen LogP contribution in [0.3, 0.4) is 0 Å². The summed E-state index contributed by atoms with van der Waals surface area (Å²) in [7, 11) is 0. The largest absolute Gasteiger partial charge is 0.294 e. The first-order valence-corrected chi connectivity index (χ1v) is 6.99. The SMILES string of the molecule is CCn1cc(/C=C(\C#N)c2nc(C)c(C(C)=O)s2)cn1. The topological polar surface area (TPSA) is 71.6 Å². The predicted molar refractivity (Wildman–Crippen MR) is 78.2 cm³/mol. The molecule has 0 atom stereocenters. The molecule has 0 aliphatic rings. The number of aromatic nitrogens is 3. The summed E-state index contributed by atoms with van der Waals surface area (Å²) in [4.78, 5) is 16.4. The van der Waals surface area contributed by atoms with E-state index in [1.807, 2.05) is 13.1 Å². The molecule has 20 heavy (non-hydrogen) atoms. The predicted octanol–water partition coefficient (Wildman–Crippen LogP) is 2.93. The van der Waals surface area contributed by atoms with Gasteiger partial charge in [0.15, 0.2) is 5.78 Å². The maximum Gasteiger partial charge on any atom is 0.171 e. The van der Waals surface area contributed by atoms with Gasteiger partial charge in [0.1, 0.15) is 11.1 Å². The molecular weight excluding hydrogens is 272 g/mol. The third-order valence-corrected chi connectivity index (χ3v) is 4.05. The number of allylic oxidation sites excluding steroid dienone is 1. The number of ketones is 1. The summed E-state index contributed by atoms with van der Waals surface area (Å²) >= 11 is 1.25. The number of hydrogen-bond donors (Lipinski definition) is 0. The highest BCUT2D eigenvalue weighted by Gasteiger charge is 2.14. The van der Waals surface area contributed by atoms with E-state index in [2.05, 4.69) is 16.2 Å². The Hall–Kier alpha value is -2.26. The Bertz CT molecular complexity index is 718. The molecule has 0 aliphatic heterocycles. The average molecular weight is 286 g/mol. The highest BCUT2D eigenvalue weighted by atomic mass is 32.1. The van der Waals surface area contributed by atoms with Gasteiger partial charge in [0.25, 0.3) is 0 Å². The van der Waals surface area contributed by atoms with Crippen molar-refractivity contribution in [3.05, 3.63) is 33.5 Å². The number of carbonyl (C=O) groups is 1. The van der Waals surface area contributed by atoms with Crippen molar-refractivity contribution in [2.45, 2.75) is 27.3 Å². The average Bonchev–Trinajstić information content (AvgIpc) is 3.02. The fraction of sp³-hybridized carbons (Fsp3) is 0.286. The van der Waals surface area contributed by atoms with Crippen LogP contribution in [0.5, 0.6) is 0 Å². The minimum atomic E-state index is -0.0256. The van der Waals surface area contributed by atoms with E-state index in [-0.39, 0.29) is 5.78 Å². The molecule has 5 nitrogen and oxygen atoms in total. The lowest BCUT2D eigenvalue weighted by Crippen LogP contribution is -1.91. The van der Waals surface area contributed by atoms with Gasteiger partial charge < -0.3 is 0 Å². The van der Waals surface area contributed by atoms with Crippen molar-refractivity contribution in [2.24, 2.45) is 0 Å². The van der Waals surface area contributed by atoms with Gasteiger partial charge >= 0.3 is 0 Å². The van der Waals surface area contributed by atoms with Crippen molar-refractivity contribution in [1.29, 1.82) is 5.26 Å². The molecule has 0 saturated carbocycles. The van der Waals surface area contributed by atoms with E-state index in [1.165, 1.54) is 18.3 Å². The third kappa shape index (κ3) is 2.83. The number of Topliss-reactive ketones (excluding diaryl/α,β-unsaturated/α-hetero) is 1. The van der Waals surface area contributed by atoms with Gasteiger partial charge in [-0.05, 0) is 19.9 Å². The van der Waals surface area contributed by atoms with Crippen molar-refractivity contribution in [1.82, 2.24) is 14.8 Å². The summed E-state index contributed by atoms with van der Waals surface area (Å²) in [5.74, 6) is -0.0256. The van der Waals surface area contributed by atoms with Gasteiger partial charge in [-0.3, -0.25) is 9.48 Å². The zero-order valence-electron chi connectivity index (χ0n) is 11.5. The number of hydrogen-bond acceptors (Lipinski definition) is 5. The highest BCUT2D eigenvalue weighted by molar-refractivity contribution is 7.15. The Morgan fingerprint density at radius 2 is 2.35 bits per heavy atom. The Morgan fingerprint density at radius 3 is 2.85 bits per heavy atom. The van der Waals surface area contributed by atoms with Crippen LogP contribution in [0.15, 0.2) is 12.4 Å². The summed E-state index contributed by atoms with van der Waals surface area (Å²) in [6, 6.07) is 2.13. The lowest BCUT2D eigenvalue weighted by Gasteiger charge is -1.92. The molecule has 2 heterocycles. The molecule has 0 fully saturated rings. The van der Waals surface area contributed by atoms with Gasteiger partial charge in [-0.1, -0.05) is 0 Å². The van der Waals surface area contributed by atoms with Crippen LogP contribution < -0.4 is 0 Å². The molecule has 0 N–H and O–H groups in total. The summed E-state index contributed by atoms with van der Waals surface area (Å²) < 4.78 is 1.79. The van der Waals surface area contributed by atoms with Crippen LogP contribution in [-0.2, 0) is 6.54 Å². The number of aryl methyl sites for hydroxylation is 2. The summed E-state index contributed by atoms with van der Waals surface area (Å²) in [5.41, 5.74) is 1.96. The molecule has 0 spiro atoms. The molecular formula is C14H14N4OS. The summed E-state index contributed by atoms with van der Waals surface area (Å²) in [6.07, 6.45) is 5.30. The second-order valence-electron chi connectivity index (χ2n) is 4.29. The first-order chi connectivity index (χ1) is 9.55. The molecule has 102 valence electrons. The number of nitriles is 1. The van der Waals surface area contributed by atoms with Gasteiger partial charge in [-0.2, -0.15) is 10.4 Å². The van der Waals surface area contributed by atoms with Crippen LogP contribution >= 0.6 is 11.3 Å². The number of nitrogens with zero attached hydrogens (tertiary/aromatic N) is 4. The summed E-state index contributed by atoms with van der Waals surface area (Å²) in [6.45, 7) is 6.06. The first-order valence-electron chi connectivity index (χ1n) is 6.18. The van der Waals surface area contributed by atoms with Crippen molar-refractivity contribution < 1.29 is 4.79 Å². The minimum absolute atomic E-state index is 0.0256. The van der Waals surface area contributed by atoms with Gasteiger partial charge in [0.2, 0.25) is 0 Å². The Kier molecular flexibility index (Phi) is 4.11. The molecule has 2 aromatic rings. The highest BCUT2D eigenvalue weighted by Crippen LogP contribution is 2.26. The fourth-order valence-corrected chi connectivity index (χ4v) is 2.70. The van der Waals surface area contributed by atoms with Crippen LogP contribution in [0.1, 0.15) is 39.8 Å². The zero-order valence-corrected chi connectivity index (χ0v) is 12.4. The summed E-state index contributed by atoms with van der Waals surface area (Å²) in [5, 5.41) is 14.0. The van der Waals surface area contributed by atoms with Crippen LogP contribution in [0.25, 0.3) is 11.6 Å². The maximum absolute atomic E-state index is 11.4. The number of carbonyl (C=O) groups excluding carboxylic acids is 1. The minimum Gasteiger partial charge on any atom is -0.294 e. The Morgan fingerprint density at radius 1 is 1.60 bits per heavy atom. The van der Waals surface area contributed by atoms with E-state index >= 15 is 0 Å². The van der Waals surface area contributed by atoms with E-state index in [4.69, 9.17) is 0 Å². The number of thiazole rings is 1. The van der Waals surface area contributed by atoms with Crippen LogP contribution in [0.4, 0.5) is 0 Å². The molecule has 0 bridgehead atoms. The molecule has 0 amide bonds. The zero-order chi connectivity index (χ0) is 14.7. The molecule has 2 aromatic heterocycles. The normalized spacial score (nSPS) is 11.4. The third-order valence-electron chi connectivity index (χ3n) is 2.76. The van der Waals surface area contributed by atoms with Gasteiger partial charge in [0, 0.05) is 25.2 Å². The molecule has 0 radical (unpaired) electrons. The molecule has 0 aromatic carbocycles. The first kappa shape index (κ1) is 14.2. The van der Waals surface area contributed by atoms with Crippen LogP contribution in [-0.4, -0.2) is 20.5 Å². The maximum atomic E-state index is 11.4. The lowest BCUT2D eigenvalue weighted by molar-refractivity contribution is 0.102. The van der Waals surface area contributed by atoms with E-state index < -0.39 is 0 Å². The van der Waals surface area contributed by atoms with Gasteiger partial charge in [-0.15, -0.1) is 11.3 Å². The molecule has 0 aliphatic carbocycles. The van der Waals surface area contributed by atoms with Crippen LogP contribution in [0, 0.1) is 18.3 Å². The Labute approximate surface area is 121 Å². The molecule has 0 saturated heterocycles. The fourth-order valence-electron chi connectivity index (χ4n) is 1.77. The standard InChI is InChI=1S/C14H14N4OS/c1-4-18-8-11(7-16-18)5-12(6-15)14-17-9(2)13(20-14)10(3)19/h5,7-8H,4H2,1-3H3/b12-5+. The van der Waals surface area contributed by atoms with Crippen molar-refractivity contribution in [3.8, 4) is 6.07 Å². The van der Waals surface area contributed by atoms with Crippen molar-refractivity contribution in [3.63, 3.8) is 0 Å². The van der Waals surface area contributed by atoms with Gasteiger partial charge in [-0.25, -0.2) is 4.98 Å². The van der Waals surface area contributed by atoms with Crippen molar-refractivity contribution in [2.75, 3.05) is 0 Å². The van der Waals surface area contributed by atoms with E-state index in [0.29, 0.717) is 21.2 Å². The van der Waals surface area contributed by atoms with Crippen molar-refractivity contribution >= 4 is 28.8 Å². The van der Waals surface area contributed by atoms with Crippen LogP contribution in [0.2, 0.25) is 0 Å². The smallest absolute Gasteiger partial charge is 0.171 e. The van der Waals surface area contributed by atoms with Gasteiger partial charge in [0.05, 0.1) is 22.3 Å². The second kappa shape index (κ2) is 5.80. The van der Waals surface area contributed by atoms with E-state index in [1.54, 1.807) is 23.9 Å². The second-order valence-corrected chi connectivity index (χ2v) is 5.29. The molecule has 0 unspecified atom stereocenters. The Balaban J connectivity index is 2.40. The molecule has 6 heteroatoms. The lowest BCUT2D eigenvalue weighted by atomic mass is 10.2. The molecule has 2 rings (SSSR count).